The molecule has 0 saturated carbocycles. The van der Waals surface area contributed by atoms with E-state index in [0.29, 0.717) is 6.42 Å². The molecular formula is C13H11BrO2. The highest BCUT2D eigenvalue weighted by molar-refractivity contribution is 9.10. The molecule has 0 aromatic heterocycles. The van der Waals surface area contributed by atoms with Gasteiger partial charge in [0.05, 0.1) is 13.5 Å². The van der Waals surface area contributed by atoms with E-state index in [1.54, 1.807) is 0 Å². The molecule has 0 aliphatic rings. The summed E-state index contributed by atoms with van der Waals surface area (Å²) in [6, 6.07) is 12.0. The number of ether oxygens (including phenoxy) is 1. The van der Waals surface area contributed by atoms with Crippen LogP contribution in [0, 0.1) is 0 Å². The van der Waals surface area contributed by atoms with E-state index in [1.165, 1.54) is 7.11 Å². The third-order valence-corrected chi connectivity index (χ3v) is 3.16. The number of carbonyl (C=O) groups is 1. The third kappa shape index (κ3) is 2.25. The Morgan fingerprint density at radius 3 is 2.88 bits per heavy atom. The van der Waals surface area contributed by atoms with E-state index in [-0.39, 0.29) is 5.97 Å². The van der Waals surface area contributed by atoms with Crippen molar-refractivity contribution in [3.63, 3.8) is 0 Å². The van der Waals surface area contributed by atoms with Gasteiger partial charge in [-0.05, 0) is 22.4 Å². The molecule has 0 aliphatic heterocycles. The van der Waals surface area contributed by atoms with Crippen molar-refractivity contribution in [2.24, 2.45) is 0 Å². The standard InChI is InChI=1S/C13H11BrO2/c1-16-13(15)8-9-5-6-11-10(7-9)3-2-4-12(11)14/h2-7H,8H2,1H3. The van der Waals surface area contributed by atoms with Crippen molar-refractivity contribution >= 4 is 32.7 Å². The van der Waals surface area contributed by atoms with Crippen LogP contribution in [0.5, 0.6) is 0 Å². The van der Waals surface area contributed by atoms with Gasteiger partial charge in [0.25, 0.3) is 0 Å². The number of benzene rings is 2. The number of esters is 1. The second-order valence-corrected chi connectivity index (χ2v) is 4.40. The van der Waals surface area contributed by atoms with Gasteiger partial charge in [0.15, 0.2) is 0 Å². The van der Waals surface area contributed by atoms with E-state index >= 15 is 0 Å². The summed E-state index contributed by atoms with van der Waals surface area (Å²) in [4.78, 5) is 11.2. The molecule has 0 aliphatic carbocycles. The summed E-state index contributed by atoms with van der Waals surface area (Å²) in [6.07, 6.45) is 0.318. The number of carbonyl (C=O) groups excluding carboxylic acids is 1. The summed E-state index contributed by atoms with van der Waals surface area (Å²) in [5, 5.41) is 2.27. The topological polar surface area (TPSA) is 26.3 Å². The molecule has 0 N–H and O–H groups in total. The highest BCUT2D eigenvalue weighted by Crippen LogP contribution is 2.24. The Balaban J connectivity index is 2.41. The van der Waals surface area contributed by atoms with E-state index in [0.717, 1.165) is 20.8 Å². The average molecular weight is 279 g/mol. The largest absolute Gasteiger partial charge is 0.469 e. The second kappa shape index (κ2) is 4.66. The Kier molecular flexibility index (Phi) is 3.25. The first-order chi connectivity index (χ1) is 7.70. The number of hydrogen-bond acceptors (Lipinski definition) is 2. The Labute approximate surface area is 102 Å². The van der Waals surface area contributed by atoms with Crippen molar-refractivity contribution in [2.75, 3.05) is 7.11 Å². The van der Waals surface area contributed by atoms with Gasteiger partial charge in [0, 0.05) is 4.47 Å². The molecule has 0 fully saturated rings. The predicted molar refractivity (Wildman–Crippen MR) is 67.4 cm³/mol. The van der Waals surface area contributed by atoms with Gasteiger partial charge in [-0.1, -0.05) is 46.3 Å². The molecule has 0 spiro atoms. The van der Waals surface area contributed by atoms with Crippen LogP contribution in [0.15, 0.2) is 40.9 Å². The van der Waals surface area contributed by atoms with Crippen LogP contribution in [0.3, 0.4) is 0 Å². The Hall–Kier alpha value is -1.35. The van der Waals surface area contributed by atoms with Crippen molar-refractivity contribution in [3.8, 4) is 0 Å². The molecule has 0 saturated heterocycles. The van der Waals surface area contributed by atoms with Gasteiger partial charge in [-0.2, -0.15) is 0 Å². The molecule has 0 amide bonds. The van der Waals surface area contributed by atoms with Crippen LogP contribution in [-0.4, -0.2) is 13.1 Å². The number of methoxy groups -OCH3 is 1. The minimum atomic E-state index is -0.214. The quantitative estimate of drug-likeness (QED) is 0.788. The first-order valence-electron chi connectivity index (χ1n) is 4.94. The van der Waals surface area contributed by atoms with Crippen molar-refractivity contribution in [2.45, 2.75) is 6.42 Å². The first kappa shape index (κ1) is 11.1. The molecule has 2 aromatic rings. The lowest BCUT2D eigenvalue weighted by Gasteiger charge is -2.04. The molecule has 2 nitrogen and oxygen atoms in total. The van der Waals surface area contributed by atoms with Crippen LogP contribution in [0.25, 0.3) is 10.8 Å². The SMILES string of the molecule is COC(=O)Cc1ccc2c(Br)cccc2c1. The van der Waals surface area contributed by atoms with Gasteiger partial charge in [-0.15, -0.1) is 0 Å². The zero-order chi connectivity index (χ0) is 11.5. The Bertz CT molecular complexity index is 534. The molecule has 3 heteroatoms. The summed E-state index contributed by atoms with van der Waals surface area (Å²) >= 11 is 3.49. The van der Waals surface area contributed by atoms with E-state index in [4.69, 9.17) is 0 Å². The highest BCUT2D eigenvalue weighted by atomic mass is 79.9. The third-order valence-electron chi connectivity index (χ3n) is 2.47. The minimum absolute atomic E-state index is 0.214. The fourth-order valence-corrected chi connectivity index (χ4v) is 2.16. The second-order valence-electron chi connectivity index (χ2n) is 3.55. The van der Waals surface area contributed by atoms with Crippen molar-refractivity contribution in [1.29, 1.82) is 0 Å². The summed E-state index contributed by atoms with van der Waals surface area (Å²) in [6.45, 7) is 0. The first-order valence-corrected chi connectivity index (χ1v) is 5.74. The van der Waals surface area contributed by atoms with Gasteiger partial charge in [-0.25, -0.2) is 0 Å². The van der Waals surface area contributed by atoms with Gasteiger partial charge in [0.1, 0.15) is 0 Å². The van der Waals surface area contributed by atoms with E-state index < -0.39 is 0 Å². The number of halogens is 1. The molecule has 0 radical (unpaired) electrons. The highest BCUT2D eigenvalue weighted by Gasteiger charge is 2.04. The summed E-state index contributed by atoms with van der Waals surface area (Å²) in [7, 11) is 1.40. The van der Waals surface area contributed by atoms with Crippen LogP contribution in [0.4, 0.5) is 0 Å². The zero-order valence-corrected chi connectivity index (χ0v) is 10.5. The lowest BCUT2D eigenvalue weighted by molar-refractivity contribution is -0.139. The van der Waals surface area contributed by atoms with Crippen molar-refractivity contribution in [3.05, 3.63) is 46.4 Å². The Morgan fingerprint density at radius 1 is 1.31 bits per heavy atom. The van der Waals surface area contributed by atoms with Crippen LogP contribution in [-0.2, 0) is 16.0 Å². The van der Waals surface area contributed by atoms with Gasteiger partial charge >= 0.3 is 5.97 Å². The van der Waals surface area contributed by atoms with Gasteiger partial charge < -0.3 is 4.74 Å². The van der Waals surface area contributed by atoms with Gasteiger partial charge in [-0.3, -0.25) is 4.79 Å². The average Bonchev–Trinajstić information content (AvgIpc) is 2.29. The lowest BCUT2D eigenvalue weighted by atomic mass is 10.1. The fraction of sp³-hybridized carbons (Fsp3) is 0.154. The fourth-order valence-electron chi connectivity index (χ4n) is 1.64. The van der Waals surface area contributed by atoms with Crippen LogP contribution >= 0.6 is 15.9 Å². The molecule has 0 atom stereocenters. The molecule has 82 valence electrons. The summed E-state index contributed by atoms with van der Waals surface area (Å²) < 4.78 is 5.71. The lowest BCUT2D eigenvalue weighted by Crippen LogP contribution is -2.04. The molecule has 0 bridgehead atoms. The molecule has 2 rings (SSSR count). The molecule has 0 unspecified atom stereocenters. The molecule has 0 heterocycles. The normalized spacial score (nSPS) is 10.4. The van der Waals surface area contributed by atoms with Crippen LogP contribution in [0.2, 0.25) is 0 Å². The van der Waals surface area contributed by atoms with E-state index in [9.17, 15) is 4.79 Å². The maximum Gasteiger partial charge on any atom is 0.309 e. The summed E-state index contributed by atoms with van der Waals surface area (Å²) in [5.74, 6) is -0.214. The van der Waals surface area contributed by atoms with Crippen molar-refractivity contribution < 1.29 is 9.53 Å². The minimum Gasteiger partial charge on any atom is -0.469 e. The zero-order valence-electron chi connectivity index (χ0n) is 8.87. The monoisotopic (exact) mass is 278 g/mol. The number of hydrogen-bond donors (Lipinski definition) is 0. The van der Waals surface area contributed by atoms with Crippen LogP contribution in [0.1, 0.15) is 5.56 Å². The predicted octanol–water partition coefficient (Wildman–Crippen LogP) is 3.32. The molecular weight excluding hydrogens is 268 g/mol. The maximum absolute atomic E-state index is 11.2. The summed E-state index contributed by atoms with van der Waals surface area (Å²) in [5.41, 5.74) is 0.970. The van der Waals surface area contributed by atoms with Crippen LogP contribution < -0.4 is 0 Å². The van der Waals surface area contributed by atoms with E-state index in [1.807, 2.05) is 36.4 Å². The number of fused-ring (bicyclic) bond motifs is 1. The molecule has 16 heavy (non-hydrogen) atoms. The Morgan fingerprint density at radius 2 is 2.12 bits per heavy atom. The van der Waals surface area contributed by atoms with E-state index in [2.05, 4.69) is 20.7 Å². The molecule has 2 aromatic carbocycles. The smallest absolute Gasteiger partial charge is 0.309 e. The van der Waals surface area contributed by atoms with Gasteiger partial charge in [0.2, 0.25) is 0 Å². The van der Waals surface area contributed by atoms with Crippen molar-refractivity contribution in [1.82, 2.24) is 0 Å². The maximum atomic E-state index is 11.2. The number of rotatable bonds is 2.